The fourth-order valence-electron chi connectivity index (χ4n) is 5.52. The van der Waals surface area contributed by atoms with Gasteiger partial charge in [-0.2, -0.15) is 10.4 Å². The first kappa shape index (κ1) is 30.4. The Morgan fingerprint density at radius 2 is 1.66 bits per heavy atom. The summed E-state index contributed by atoms with van der Waals surface area (Å²) in [5.41, 5.74) is 7.02. The molecule has 3 aromatic carbocycles. The van der Waals surface area contributed by atoms with Crippen molar-refractivity contribution < 1.29 is 22.8 Å². The molecule has 1 aliphatic rings. The second-order valence-corrected chi connectivity index (χ2v) is 13.0. The van der Waals surface area contributed by atoms with Gasteiger partial charge in [-0.1, -0.05) is 42.5 Å². The van der Waals surface area contributed by atoms with Crippen molar-refractivity contribution in [3.63, 3.8) is 0 Å². The third-order valence-electron chi connectivity index (χ3n) is 8.03. The largest absolute Gasteiger partial charge is 0.368 e. The zero-order valence-electron chi connectivity index (χ0n) is 24.4. The maximum atomic E-state index is 14.5. The molecule has 1 aliphatic heterocycles. The molecular formula is C31H31N7O5S. The number of nitrogens with two attached hydrogens (primary N) is 1. The quantitative estimate of drug-likeness (QED) is 0.303. The normalized spacial score (nSPS) is 16.6. The van der Waals surface area contributed by atoms with Crippen molar-refractivity contribution in [2.24, 2.45) is 11.7 Å². The Kier molecular flexibility index (Phi) is 7.98. The van der Waals surface area contributed by atoms with E-state index in [0.29, 0.717) is 33.8 Å². The molecule has 0 aliphatic carbocycles. The van der Waals surface area contributed by atoms with E-state index in [1.165, 1.54) is 23.8 Å². The SMILES string of the molecule is CNC(C)(C(N)=O)[C@@H]1CN(C(=O)CS(C)(=O)=O)c2ccccc2N(Cc2nn(-c3ccccc3C#N)c3ccccc23)C1=O. The Morgan fingerprint density at radius 3 is 2.30 bits per heavy atom. The van der Waals surface area contributed by atoms with Gasteiger partial charge in [-0.15, -0.1) is 0 Å². The second kappa shape index (κ2) is 11.6. The highest BCUT2D eigenvalue weighted by Crippen LogP contribution is 2.38. The van der Waals surface area contributed by atoms with Gasteiger partial charge in [0.15, 0.2) is 9.84 Å². The van der Waals surface area contributed by atoms with Crippen molar-refractivity contribution in [2.45, 2.75) is 19.0 Å². The Morgan fingerprint density at radius 1 is 1.05 bits per heavy atom. The summed E-state index contributed by atoms with van der Waals surface area (Å²) in [5, 5.41) is 18.2. The van der Waals surface area contributed by atoms with Crippen molar-refractivity contribution in [2.75, 3.05) is 35.4 Å². The number of nitrogens with one attached hydrogen (secondary N) is 1. The molecule has 0 fully saturated rings. The van der Waals surface area contributed by atoms with Crippen LogP contribution < -0.4 is 20.9 Å². The van der Waals surface area contributed by atoms with Crippen LogP contribution in [0.15, 0.2) is 72.8 Å². The number of para-hydroxylation sites is 4. The first-order chi connectivity index (χ1) is 20.9. The standard InChI is InChI=1S/C31H31N7O5S/c1-31(34-2,30(33)41)22-17-36(28(39)19-44(3,42)43)26-14-8-9-15-27(26)37(29(22)40)18-23-21-11-5-7-13-25(21)38(35-23)24-12-6-4-10-20(24)16-32/h4-15,22,34H,17-19H2,1-3H3,(H2,33,41)/t22-,31?/m1/s1. The number of benzene rings is 3. The van der Waals surface area contributed by atoms with E-state index in [2.05, 4.69) is 11.4 Å². The number of carbonyl (C=O) groups is 3. The number of sulfone groups is 1. The Balaban J connectivity index is 1.71. The molecule has 1 aromatic heterocycles. The van der Waals surface area contributed by atoms with E-state index in [9.17, 15) is 28.1 Å². The molecule has 0 radical (unpaired) electrons. The number of amides is 3. The predicted molar refractivity (Wildman–Crippen MR) is 166 cm³/mol. The van der Waals surface area contributed by atoms with Gasteiger partial charge in [0.05, 0.1) is 46.3 Å². The van der Waals surface area contributed by atoms with Gasteiger partial charge in [0.25, 0.3) is 0 Å². The van der Waals surface area contributed by atoms with Crippen LogP contribution in [0.1, 0.15) is 18.2 Å². The van der Waals surface area contributed by atoms with E-state index in [1.54, 1.807) is 53.2 Å². The number of likely N-dealkylation sites (N-methyl/N-ethyl adjacent to an activating group) is 1. The first-order valence-electron chi connectivity index (χ1n) is 13.7. The van der Waals surface area contributed by atoms with E-state index >= 15 is 0 Å². The van der Waals surface area contributed by atoms with Crippen molar-refractivity contribution in [1.29, 1.82) is 5.26 Å². The van der Waals surface area contributed by atoms with Crippen molar-refractivity contribution in [3.8, 4) is 11.8 Å². The molecule has 3 N–H and O–H groups in total. The minimum Gasteiger partial charge on any atom is -0.368 e. The van der Waals surface area contributed by atoms with Gasteiger partial charge in [-0.25, -0.2) is 13.1 Å². The lowest BCUT2D eigenvalue weighted by Crippen LogP contribution is -2.63. The van der Waals surface area contributed by atoms with Crippen LogP contribution in [0, 0.1) is 17.2 Å². The Bertz CT molecular complexity index is 1950. The van der Waals surface area contributed by atoms with E-state index < -0.39 is 44.8 Å². The van der Waals surface area contributed by atoms with Crippen LogP contribution in [0.5, 0.6) is 0 Å². The number of primary amides is 1. The zero-order chi connectivity index (χ0) is 31.8. The van der Waals surface area contributed by atoms with E-state index in [0.717, 1.165) is 11.6 Å². The van der Waals surface area contributed by atoms with E-state index in [4.69, 9.17) is 10.8 Å². The van der Waals surface area contributed by atoms with Crippen LogP contribution in [0.2, 0.25) is 0 Å². The fraction of sp³-hybridized carbons (Fsp3) is 0.258. The lowest BCUT2D eigenvalue weighted by atomic mass is 9.83. The monoisotopic (exact) mass is 613 g/mol. The molecule has 3 amide bonds. The van der Waals surface area contributed by atoms with Gasteiger partial charge in [-0.3, -0.25) is 14.4 Å². The van der Waals surface area contributed by atoms with Gasteiger partial charge < -0.3 is 20.9 Å². The highest BCUT2D eigenvalue weighted by Gasteiger charge is 2.49. The summed E-state index contributed by atoms with van der Waals surface area (Å²) in [6.07, 6.45) is 0.955. The maximum Gasteiger partial charge on any atom is 0.242 e. The average Bonchev–Trinajstić information content (AvgIpc) is 3.30. The van der Waals surface area contributed by atoms with Crippen LogP contribution in [-0.2, 0) is 30.8 Å². The average molecular weight is 614 g/mol. The Hall–Kier alpha value is -5.06. The lowest BCUT2D eigenvalue weighted by molar-refractivity contribution is -0.133. The summed E-state index contributed by atoms with van der Waals surface area (Å²) >= 11 is 0. The van der Waals surface area contributed by atoms with E-state index in [-0.39, 0.29) is 13.1 Å². The number of nitrogens with zero attached hydrogens (tertiary/aromatic N) is 5. The molecular weight excluding hydrogens is 582 g/mol. The van der Waals surface area contributed by atoms with Crippen LogP contribution in [0.4, 0.5) is 11.4 Å². The van der Waals surface area contributed by atoms with Gasteiger partial charge in [0.1, 0.15) is 17.4 Å². The highest BCUT2D eigenvalue weighted by molar-refractivity contribution is 7.91. The minimum absolute atomic E-state index is 0.0682. The number of nitriles is 1. The van der Waals surface area contributed by atoms with Crippen molar-refractivity contribution in [1.82, 2.24) is 15.1 Å². The maximum absolute atomic E-state index is 14.5. The molecule has 226 valence electrons. The van der Waals surface area contributed by atoms with Crippen molar-refractivity contribution >= 4 is 49.8 Å². The summed E-state index contributed by atoms with van der Waals surface area (Å²) in [5.74, 6) is -4.07. The molecule has 5 rings (SSSR count). The molecule has 0 spiro atoms. The lowest BCUT2D eigenvalue weighted by Gasteiger charge is -2.36. The zero-order valence-corrected chi connectivity index (χ0v) is 25.2. The molecule has 4 aromatic rings. The number of rotatable bonds is 8. The van der Waals surface area contributed by atoms with Gasteiger partial charge in [0, 0.05) is 18.2 Å². The predicted octanol–water partition coefficient (Wildman–Crippen LogP) is 1.90. The van der Waals surface area contributed by atoms with Gasteiger partial charge in [0.2, 0.25) is 17.7 Å². The molecule has 0 saturated carbocycles. The molecule has 1 unspecified atom stereocenters. The number of hydrogen-bond acceptors (Lipinski definition) is 8. The van der Waals surface area contributed by atoms with Gasteiger partial charge in [-0.05, 0) is 44.3 Å². The number of fused-ring (bicyclic) bond motifs is 2. The summed E-state index contributed by atoms with van der Waals surface area (Å²) in [7, 11) is -2.23. The molecule has 12 nitrogen and oxygen atoms in total. The fourth-order valence-corrected chi connectivity index (χ4v) is 6.12. The number of carbonyl (C=O) groups excluding carboxylic acids is 3. The van der Waals surface area contributed by atoms with Gasteiger partial charge >= 0.3 is 0 Å². The number of anilines is 2. The Labute approximate surface area is 254 Å². The van der Waals surface area contributed by atoms with Crippen LogP contribution >= 0.6 is 0 Å². The molecule has 44 heavy (non-hydrogen) atoms. The third-order valence-corrected chi connectivity index (χ3v) is 8.80. The summed E-state index contributed by atoms with van der Waals surface area (Å²) in [4.78, 5) is 43.5. The molecule has 13 heteroatoms. The third kappa shape index (κ3) is 5.41. The van der Waals surface area contributed by atoms with Crippen molar-refractivity contribution in [3.05, 3.63) is 84.1 Å². The highest BCUT2D eigenvalue weighted by atomic mass is 32.2. The smallest absolute Gasteiger partial charge is 0.242 e. The molecule has 0 saturated heterocycles. The first-order valence-corrected chi connectivity index (χ1v) is 15.8. The molecule has 2 heterocycles. The second-order valence-electron chi connectivity index (χ2n) is 10.9. The summed E-state index contributed by atoms with van der Waals surface area (Å²) in [6.45, 7) is 1.11. The minimum atomic E-state index is -3.72. The summed E-state index contributed by atoms with van der Waals surface area (Å²) < 4.78 is 25.9. The number of hydrogen-bond donors (Lipinski definition) is 2. The molecule has 2 atom stereocenters. The van der Waals surface area contributed by atoms with Crippen LogP contribution in [0.25, 0.3) is 16.6 Å². The summed E-state index contributed by atoms with van der Waals surface area (Å²) in [6, 6.07) is 23.3. The van der Waals surface area contributed by atoms with Crippen LogP contribution in [-0.4, -0.2) is 67.1 Å². The van der Waals surface area contributed by atoms with Crippen LogP contribution in [0.3, 0.4) is 0 Å². The number of aromatic nitrogens is 2. The topological polar surface area (TPSA) is 171 Å². The van der Waals surface area contributed by atoms with E-state index in [1.807, 2.05) is 24.3 Å². The molecule has 0 bridgehead atoms.